The molecule has 0 N–H and O–H groups in total. The lowest BCUT2D eigenvalue weighted by Crippen LogP contribution is -2.60. The van der Waals surface area contributed by atoms with Crippen LogP contribution in [-0.2, 0) is 3.74 Å². The normalized spacial score (nSPS) is 16.1. The minimum atomic E-state index is -4.60. The maximum absolute atomic E-state index is 11.5. The molecule has 154 valence electrons. The number of rotatable bonds is 5. The molecular formula is C23H20ClNO4S. The molecule has 1 atom stereocenters. The van der Waals surface area contributed by atoms with Gasteiger partial charge in [-0.1, -0.05) is 60.7 Å². The molecule has 7 heteroatoms. The summed E-state index contributed by atoms with van der Waals surface area (Å²) in [6.45, 7) is 0. The van der Waals surface area contributed by atoms with E-state index in [1.165, 1.54) is 0 Å². The third kappa shape index (κ3) is 4.34. The van der Waals surface area contributed by atoms with E-state index in [1.54, 1.807) is 0 Å². The van der Waals surface area contributed by atoms with E-state index in [4.69, 9.17) is 3.74 Å². The van der Waals surface area contributed by atoms with Crippen molar-refractivity contribution in [1.29, 1.82) is 0 Å². The lowest BCUT2D eigenvalue weighted by atomic mass is 9.95. The highest BCUT2D eigenvalue weighted by Gasteiger charge is 2.32. The van der Waals surface area contributed by atoms with Crippen molar-refractivity contribution in [2.24, 2.45) is 0 Å². The van der Waals surface area contributed by atoms with Crippen LogP contribution in [-0.4, -0.2) is 19.0 Å². The largest absolute Gasteiger partial charge is 0.378 e. The summed E-state index contributed by atoms with van der Waals surface area (Å²) in [5.41, 5.74) is 4.66. The Kier molecular flexibility index (Phi) is 5.79. The number of fused-ring (bicyclic) bond motifs is 1. The fraction of sp³-hybridized carbons (Fsp3) is 0.0870. The number of halogens is 1. The first-order valence-corrected chi connectivity index (χ1v) is 11.6. The van der Waals surface area contributed by atoms with Crippen LogP contribution in [0.3, 0.4) is 0 Å². The van der Waals surface area contributed by atoms with Gasteiger partial charge in [0.2, 0.25) is 0 Å². The van der Waals surface area contributed by atoms with E-state index in [0.29, 0.717) is 9.76 Å². The third-order valence-electron chi connectivity index (χ3n) is 4.75. The van der Waals surface area contributed by atoms with Gasteiger partial charge in [0.05, 0.1) is 20.0 Å². The number of hydrogen-bond acceptors (Lipinski definition) is 5. The van der Waals surface area contributed by atoms with E-state index in [-0.39, 0.29) is 0 Å². The van der Waals surface area contributed by atoms with Crippen molar-refractivity contribution in [2.75, 3.05) is 19.0 Å². The Morgan fingerprint density at radius 1 is 0.767 bits per heavy atom. The van der Waals surface area contributed by atoms with Crippen molar-refractivity contribution in [3.63, 3.8) is 0 Å². The van der Waals surface area contributed by atoms with Crippen LogP contribution >= 0.6 is 10.8 Å². The summed E-state index contributed by atoms with van der Waals surface area (Å²) < 4.78 is 39.5. The second-order valence-electron chi connectivity index (χ2n) is 6.94. The van der Waals surface area contributed by atoms with E-state index in [9.17, 15) is 14.0 Å². The van der Waals surface area contributed by atoms with Gasteiger partial charge in [0.15, 0.2) is 0 Å². The first-order valence-electron chi connectivity index (χ1n) is 9.20. The van der Waals surface area contributed by atoms with Gasteiger partial charge in [-0.15, -0.1) is 0 Å². The van der Waals surface area contributed by atoms with E-state index in [1.807, 2.05) is 104 Å². The van der Waals surface area contributed by atoms with Gasteiger partial charge >= 0.3 is 0 Å². The minimum Gasteiger partial charge on any atom is -0.378 e. The molecule has 0 aliphatic carbocycles. The lowest BCUT2D eigenvalue weighted by Gasteiger charge is -2.23. The summed E-state index contributed by atoms with van der Waals surface area (Å²) in [5, 5.41) is 0. The van der Waals surface area contributed by atoms with Crippen LogP contribution < -0.4 is 18.9 Å². The highest BCUT2D eigenvalue weighted by molar-refractivity contribution is 8.12. The molecule has 3 aromatic carbocycles. The Morgan fingerprint density at radius 2 is 1.40 bits per heavy atom. The first-order chi connectivity index (χ1) is 14.3. The molecule has 0 aromatic heterocycles. The molecule has 0 spiro atoms. The summed E-state index contributed by atoms with van der Waals surface area (Å²) in [6.07, 6.45) is 1.92. The van der Waals surface area contributed by atoms with Gasteiger partial charge < -0.3 is 4.90 Å². The fourth-order valence-electron chi connectivity index (χ4n) is 3.35. The topological polar surface area (TPSA) is 81.7 Å². The van der Waals surface area contributed by atoms with Crippen LogP contribution in [0.5, 0.6) is 0 Å². The average Bonchev–Trinajstić information content (AvgIpc) is 2.74. The summed E-state index contributed by atoms with van der Waals surface area (Å²) in [6, 6.07) is 24.9. The molecule has 1 unspecified atom stereocenters. The Morgan fingerprint density at radius 3 is 2.03 bits per heavy atom. The van der Waals surface area contributed by atoms with Gasteiger partial charge in [0.25, 0.3) is 0 Å². The summed E-state index contributed by atoms with van der Waals surface area (Å²) in [4.78, 5) is 3.34. The average molecular weight is 442 g/mol. The van der Waals surface area contributed by atoms with Gasteiger partial charge in [-0.3, -0.25) is 0 Å². The highest BCUT2D eigenvalue weighted by Crippen LogP contribution is 2.44. The van der Waals surface area contributed by atoms with Gasteiger partial charge in [-0.25, -0.2) is 0 Å². The van der Waals surface area contributed by atoms with Gasteiger partial charge in [0, 0.05) is 19.8 Å². The van der Waals surface area contributed by atoms with Crippen LogP contribution in [0.4, 0.5) is 5.69 Å². The van der Waals surface area contributed by atoms with E-state index in [0.717, 1.165) is 28.0 Å². The summed E-state index contributed by atoms with van der Waals surface area (Å²) >= 11 is 0. The van der Waals surface area contributed by atoms with Crippen molar-refractivity contribution in [1.82, 2.24) is 0 Å². The number of anilines is 1. The molecule has 0 saturated carbocycles. The molecule has 1 heterocycles. The molecule has 0 radical (unpaired) electrons. The molecule has 0 fully saturated rings. The van der Waals surface area contributed by atoms with E-state index in [2.05, 4.69) is 0 Å². The Bertz CT molecular complexity index is 1120. The van der Waals surface area contributed by atoms with Gasteiger partial charge in [-0.05, 0) is 46.5 Å². The zero-order valence-corrected chi connectivity index (χ0v) is 18.0. The van der Waals surface area contributed by atoms with Crippen LogP contribution in [0, 0.1) is 10.2 Å². The Labute approximate surface area is 180 Å². The molecule has 4 rings (SSSR count). The van der Waals surface area contributed by atoms with Crippen molar-refractivity contribution < 1.29 is 28.0 Å². The Hall–Kier alpha value is -2.45. The van der Waals surface area contributed by atoms with Gasteiger partial charge in [-0.2, -0.15) is 14.0 Å². The number of hydrogen-bond donors (Lipinski definition) is 0. The van der Waals surface area contributed by atoms with Crippen LogP contribution in [0.25, 0.3) is 5.57 Å². The van der Waals surface area contributed by atoms with E-state index >= 15 is 0 Å². The molecule has 1 aliphatic heterocycles. The van der Waals surface area contributed by atoms with Crippen LogP contribution in [0.2, 0.25) is 0 Å². The quantitative estimate of drug-likeness (QED) is 0.564. The molecular weight excluding hydrogens is 422 g/mol. The standard InChI is InChI=1S/C23H20ClNO4S/c1-25(2)19-14-12-17(13-15-19)21-16-23(18-8-4-3-5-9-18)30(29-24(26,27)28)22-11-7-6-10-20(21)22/h3-16H,1-2H3. The predicted molar refractivity (Wildman–Crippen MR) is 112 cm³/mol. The highest BCUT2D eigenvalue weighted by atomic mass is 35.7. The smallest absolute Gasteiger partial charge is 0.148 e. The Balaban J connectivity index is 1.95. The lowest BCUT2D eigenvalue weighted by molar-refractivity contribution is -1.91. The first kappa shape index (κ1) is 20.8. The monoisotopic (exact) mass is 441 g/mol. The number of nitrogens with zero attached hydrogens (tertiary/aromatic N) is 1. The summed E-state index contributed by atoms with van der Waals surface area (Å²) in [5.74, 6) is 0. The van der Waals surface area contributed by atoms with Crippen LogP contribution in [0.15, 0.2) is 89.8 Å². The zero-order valence-electron chi connectivity index (χ0n) is 16.4. The van der Waals surface area contributed by atoms with Crippen LogP contribution in [0.1, 0.15) is 16.7 Å². The molecule has 3 aromatic rings. The number of benzene rings is 3. The van der Waals surface area contributed by atoms with Crippen molar-refractivity contribution >= 4 is 26.9 Å². The van der Waals surface area contributed by atoms with Crippen molar-refractivity contribution in [3.8, 4) is 0 Å². The predicted octanol–water partition coefficient (Wildman–Crippen LogP) is 1.88. The molecule has 0 amide bonds. The molecule has 0 bridgehead atoms. The van der Waals surface area contributed by atoms with Crippen molar-refractivity contribution in [2.45, 2.75) is 4.90 Å². The van der Waals surface area contributed by atoms with Gasteiger partial charge in [0.1, 0.15) is 14.5 Å². The fourth-order valence-corrected chi connectivity index (χ4v) is 5.90. The van der Waals surface area contributed by atoms with Crippen molar-refractivity contribution in [3.05, 3.63) is 102 Å². The zero-order chi connectivity index (χ0) is 21.3. The maximum Gasteiger partial charge on any atom is 0.148 e. The second-order valence-corrected chi connectivity index (χ2v) is 9.61. The number of allylic oxidation sites excluding steroid dienone is 1. The molecule has 1 aliphatic rings. The van der Waals surface area contributed by atoms with E-state index < -0.39 is 21.0 Å². The molecule has 5 nitrogen and oxygen atoms in total. The SMILES string of the molecule is CN(C)c1ccc(C2=CC(c3ccccc3)=S(O[Cl+3]([O-])([O-])[O-])c3ccccc32)cc1. The summed E-state index contributed by atoms with van der Waals surface area (Å²) in [7, 11) is -1.99. The molecule has 0 saturated heterocycles. The third-order valence-corrected chi connectivity index (χ3v) is 7.37. The molecule has 30 heavy (non-hydrogen) atoms. The second kappa shape index (κ2) is 8.35. The minimum absolute atomic E-state index is 0.646. The maximum atomic E-state index is 11.5.